The van der Waals surface area contributed by atoms with Gasteiger partial charge >= 0.3 is 0 Å². The molecule has 1 heterocycles. The van der Waals surface area contributed by atoms with E-state index in [0.717, 1.165) is 11.3 Å². The molecule has 21 heavy (non-hydrogen) atoms. The van der Waals surface area contributed by atoms with Gasteiger partial charge < -0.3 is 10.6 Å². The molecule has 0 atom stereocenters. The normalized spacial score (nSPS) is 10.2. The van der Waals surface area contributed by atoms with Crippen molar-refractivity contribution in [2.45, 2.75) is 6.61 Å². The fraction of sp³-hybridized carbons (Fsp3) is 0.0625. The molecule has 1 aromatic heterocycles. The Labute approximate surface area is 127 Å². The van der Waals surface area contributed by atoms with Gasteiger partial charge in [-0.25, -0.2) is 4.68 Å². The topological polar surface area (TPSA) is 69.6 Å². The molecular formula is C16H15ClN2O2. The second-order valence-electron chi connectivity index (χ2n) is 4.39. The molecule has 3 aromatic rings. The van der Waals surface area contributed by atoms with Crippen molar-refractivity contribution in [2.24, 2.45) is 0 Å². The predicted molar refractivity (Wildman–Crippen MR) is 83.5 cm³/mol. The highest BCUT2D eigenvalue weighted by molar-refractivity contribution is 6.31. The summed E-state index contributed by atoms with van der Waals surface area (Å²) >= 11 is 6.35. The summed E-state index contributed by atoms with van der Waals surface area (Å²) in [6, 6.07) is 19.4. The van der Waals surface area contributed by atoms with Gasteiger partial charge in [-0.15, -0.1) is 0 Å². The fourth-order valence-corrected chi connectivity index (χ4v) is 2.42. The average Bonchev–Trinajstić information content (AvgIpc) is 2.86. The van der Waals surface area contributed by atoms with E-state index >= 15 is 0 Å². The van der Waals surface area contributed by atoms with Crippen molar-refractivity contribution in [1.82, 2.24) is 9.78 Å². The van der Waals surface area contributed by atoms with Crippen LogP contribution >= 0.6 is 11.6 Å². The van der Waals surface area contributed by atoms with Crippen molar-refractivity contribution in [3.63, 3.8) is 0 Å². The zero-order valence-electron chi connectivity index (χ0n) is 11.2. The van der Waals surface area contributed by atoms with E-state index in [1.54, 1.807) is 4.68 Å². The lowest BCUT2D eigenvalue weighted by Gasteiger charge is -2.01. The van der Waals surface area contributed by atoms with Gasteiger partial charge in [-0.2, -0.15) is 5.10 Å². The summed E-state index contributed by atoms with van der Waals surface area (Å²) < 4.78 is 1.65. The molecule has 0 spiro atoms. The van der Waals surface area contributed by atoms with Crippen LogP contribution in [0, 0.1) is 0 Å². The molecule has 0 saturated carbocycles. The van der Waals surface area contributed by atoms with E-state index in [-0.39, 0.29) is 12.1 Å². The maximum Gasteiger partial charge on any atom is 0.139 e. The number of aliphatic hydroxyl groups excluding tert-OH is 1. The summed E-state index contributed by atoms with van der Waals surface area (Å²) in [4.78, 5) is 0. The molecule has 4 nitrogen and oxygen atoms in total. The molecule has 0 aliphatic carbocycles. The van der Waals surface area contributed by atoms with Crippen molar-refractivity contribution in [1.29, 1.82) is 0 Å². The molecule has 2 aromatic carbocycles. The van der Waals surface area contributed by atoms with E-state index in [0.29, 0.717) is 16.4 Å². The summed E-state index contributed by atoms with van der Waals surface area (Å²) in [6.07, 6.45) is 0. The molecule has 108 valence electrons. The highest BCUT2D eigenvalue weighted by Gasteiger charge is 2.17. The maximum absolute atomic E-state index is 9.58. The predicted octanol–water partition coefficient (Wildman–Crippen LogP) is 2.86. The van der Waals surface area contributed by atoms with Gasteiger partial charge in [-0.3, -0.25) is 0 Å². The van der Waals surface area contributed by atoms with E-state index in [9.17, 15) is 5.11 Å². The number of halogens is 1. The zero-order valence-corrected chi connectivity index (χ0v) is 12.0. The maximum atomic E-state index is 9.58. The Bertz CT molecular complexity index is 712. The number of benzene rings is 2. The molecule has 0 radical (unpaired) electrons. The quantitative estimate of drug-likeness (QED) is 0.808. The second-order valence-corrected chi connectivity index (χ2v) is 4.75. The fourth-order valence-electron chi connectivity index (χ4n) is 2.14. The van der Waals surface area contributed by atoms with Crippen LogP contribution in [0.3, 0.4) is 0 Å². The molecule has 0 bridgehead atoms. The number of nitrogens with zero attached hydrogens (tertiary/aromatic N) is 2. The van der Waals surface area contributed by atoms with Crippen molar-refractivity contribution < 1.29 is 10.6 Å². The van der Waals surface area contributed by atoms with Crippen LogP contribution < -0.4 is 0 Å². The summed E-state index contributed by atoms with van der Waals surface area (Å²) in [5.41, 5.74) is 3.16. The molecule has 0 aliphatic heterocycles. The number of aromatic nitrogens is 2. The molecule has 0 saturated heterocycles. The summed E-state index contributed by atoms with van der Waals surface area (Å²) in [7, 11) is 0. The van der Waals surface area contributed by atoms with Crippen molar-refractivity contribution in [2.75, 3.05) is 0 Å². The van der Waals surface area contributed by atoms with Crippen molar-refractivity contribution >= 4 is 11.6 Å². The molecular weight excluding hydrogens is 288 g/mol. The number of rotatable bonds is 3. The number of para-hydroxylation sites is 1. The van der Waals surface area contributed by atoms with Crippen LogP contribution in [0.15, 0.2) is 60.7 Å². The van der Waals surface area contributed by atoms with Crippen molar-refractivity contribution in [3.8, 4) is 16.9 Å². The average molecular weight is 303 g/mol. The van der Waals surface area contributed by atoms with Crippen LogP contribution in [-0.2, 0) is 6.61 Å². The Hall–Kier alpha value is -2.14. The first kappa shape index (κ1) is 15.3. The minimum absolute atomic E-state index is 0. The second kappa shape index (κ2) is 6.54. The molecule has 0 amide bonds. The summed E-state index contributed by atoms with van der Waals surface area (Å²) in [5.74, 6) is 0. The highest BCUT2D eigenvalue weighted by Crippen LogP contribution is 2.30. The van der Waals surface area contributed by atoms with Crippen molar-refractivity contribution in [3.05, 3.63) is 71.4 Å². The van der Waals surface area contributed by atoms with Gasteiger partial charge in [-0.1, -0.05) is 60.1 Å². The number of aliphatic hydroxyl groups is 1. The molecule has 0 unspecified atom stereocenters. The largest absolute Gasteiger partial charge is 0.412 e. The summed E-state index contributed by atoms with van der Waals surface area (Å²) in [6.45, 7) is -0.143. The van der Waals surface area contributed by atoms with E-state index in [1.165, 1.54) is 0 Å². The number of hydrogen-bond donors (Lipinski definition) is 1. The standard InChI is InChI=1S/C16H13ClN2O.H2O/c17-16-14(11-20)15(12-7-3-1-4-8-12)18-19(16)13-9-5-2-6-10-13;/h1-10,20H,11H2;1H2. The third-order valence-corrected chi connectivity index (χ3v) is 3.52. The van der Waals surface area contributed by atoms with Crippen LogP contribution in [0.25, 0.3) is 16.9 Å². The van der Waals surface area contributed by atoms with Crippen LogP contribution in [0.5, 0.6) is 0 Å². The lowest BCUT2D eigenvalue weighted by atomic mass is 10.1. The third-order valence-electron chi connectivity index (χ3n) is 3.13. The first-order valence-electron chi connectivity index (χ1n) is 6.30. The molecule has 0 aliphatic rings. The van der Waals surface area contributed by atoms with Gasteiger partial charge in [0.05, 0.1) is 18.0 Å². The first-order valence-corrected chi connectivity index (χ1v) is 6.68. The molecule has 5 heteroatoms. The SMILES string of the molecule is O.OCc1c(-c2ccccc2)nn(-c2ccccc2)c1Cl. The minimum atomic E-state index is -0.143. The monoisotopic (exact) mass is 302 g/mol. The zero-order chi connectivity index (χ0) is 13.9. The first-order chi connectivity index (χ1) is 9.81. The van der Waals surface area contributed by atoms with Crippen LogP contribution in [-0.4, -0.2) is 20.4 Å². The van der Waals surface area contributed by atoms with Gasteiger partial charge in [0.15, 0.2) is 0 Å². The Balaban J connectivity index is 0.00000161. The van der Waals surface area contributed by atoms with Gasteiger partial charge in [0.2, 0.25) is 0 Å². The van der Waals surface area contributed by atoms with Gasteiger partial charge in [0.1, 0.15) is 5.15 Å². The van der Waals surface area contributed by atoms with Crippen LogP contribution in [0.1, 0.15) is 5.56 Å². The molecule has 0 fully saturated rings. The Morgan fingerprint density at radius 2 is 1.52 bits per heavy atom. The lowest BCUT2D eigenvalue weighted by molar-refractivity contribution is 0.282. The third kappa shape index (κ3) is 2.83. The van der Waals surface area contributed by atoms with Gasteiger partial charge in [0.25, 0.3) is 0 Å². The van der Waals surface area contributed by atoms with Crippen LogP contribution in [0.4, 0.5) is 0 Å². The van der Waals surface area contributed by atoms with E-state index in [1.807, 2.05) is 60.7 Å². The minimum Gasteiger partial charge on any atom is -0.412 e. The van der Waals surface area contributed by atoms with E-state index < -0.39 is 0 Å². The number of hydrogen-bond acceptors (Lipinski definition) is 2. The van der Waals surface area contributed by atoms with E-state index in [2.05, 4.69) is 5.10 Å². The highest BCUT2D eigenvalue weighted by atomic mass is 35.5. The molecule has 3 N–H and O–H groups in total. The Morgan fingerprint density at radius 1 is 0.952 bits per heavy atom. The van der Waals surface area contributed by atoms with Crippen LogP contribution in [0.2, 0.25) is 5.15 Å². The Morgan fingerprint density at radius 3 is 2.10 bits per heavy atom. The summed E-state index contributed by atoms with van der Waals surface area (Å²) in [5, 5.41) is 14.6. The molecule has 3 rings (SSSR count). The van der Waals surface area contributed by atoms with Gasteiger partial charge in [0, 0.05) is 11.1 Å². The Kier molecular flexibility index (Phi) is 4.75. The van der Waals surface area contributed by atoms with Gasteiger partial charge in [-0.05, 0) is 12.1 Å². The lowest BCUT2D eigenvalue weighted by Crippen LogP contribution is -1.96. The van der Waals surface area contributed by atoms with E-state index in [4.69, 9.17) is 11.6 Å². The smallest absolute Gasteiger partial charge is 0.139 e.